The van der Waals surface area contributed by atoms with Crippen molar-refractivity contribution in [1.82, 2.24) is 0 Å². The summed E-state index contributed by atoms with van der Waals surface area (Å²) in [5, 5.41) is 34.4. The van der Waals surface area contributed by atoms with E-state index in [1.54, 1.807) is 30.3 Å². The minimum Gasteiger partial charge on any atom is -0.508 e. The van der Waals surface area contributed by atoms with Crippen molar-refractivity contribution >= 4 is 28.6 Å². The lowest BCUT2D eigenvalue weighted by Crippen LogP contribution is -2.23. The third-order valence-electron chi connectivity index (χ3n) is 4.47. The number of nitrogens with zero attached hydrogens (tertiary/aromatic N) is 1. The van der Waals surface area contributed by atoms with Crippen molar-refractivity contribution < 1.29 is 24.7 Å². The third-order valence-corrected chi connectivity index (χ3v) is 4.47. The molecule has 1 aliphatic carbocycles. The van der Waals surface area contributed by atoms with Gasteiger partial charge in [-0.25, -0.2) is 0 Å². The van der Waals surface area contributed by atoms with Crippen molar-refractivity contribution in [2.75, 3.05) is 5.32 Å². The number of rotatable bonds is 3. The molecule has 0 bridgehead atoms. The van der Waals surface area contributed by atoms with E-state index in [4.69, 9.17) is 0 Å². The number of nitro groups is 1. The Hall–Kier alpha value is -4.20. The molecule has 3 aromatic rings. The summed E-state index contributed by atoms with van der Waals surface area (Å²) in [4.78, 5) is 36.7. The zero-order valence-corrected chi connectivity index (χ0v) is 14.2. The quantitative estimate of drug-likeness (QED) is 0.283. The Morgan fingerprint density at radius 3 is 2.21 bits per heavy atom. The largest absolute Gasteiger partial charge is 0.508 e. The number of ketones is 2. The van der Waals surface area contributed by atoms with Gasteiger partial charge in [0.2, 0.25) is 5.78 Å². The van der Waals surface area contributed by atoms with Gasteiger partial charge < -0.3 is 15.5 Å². The Labute approximate surface area is 157 Å². The minimum absolute atomic E-state index is 0.0465. The van der Waals surface area contributed by atoms with E-state index >= 15 is 0 Å². The Bertz CT molecular complexity index is 1170. The van der Waals surface area contributed by atoms with Gasteiger partial charge in [0.25, 0.3) is 5.69 Å². The lowest BCUT2D eigenvalue weighted by atomic mass is 9.82. The number of phenolic OH excluding ortho intramolecular Hbond substituents is 2. The molecule has 1 aliphatic rings. The van der Waals surface area contributed by atoms with Crippen LogP contribution in [0.25, 0.3) is 0 Å². The summed E-state index contributed by atoms with van der Waals surface area (Å²) < 4.78 is 0. The van der Waals surface area contributed by atoms with E-state index in [1.165, 1.54) is 12.1 Å². The van der Waals surface area contributed by atoms with E-state index in [-0.39, 0.29) is 28.1 Å². The molecule has 0 atom stereocenters. The second kappa shape index (κ2) is 6.20. The number of hydrogen-bond donors (Lipinski definition) is 3. The van der Waals surface area contributed by atoms with Crippen molar-refractivity contribution in [2.45, 2.75) is 0 Å². The first kappa shape index (κ1) is 17.2. The topological polar surface area (TPSA) is 130 Å². The van der Waals surface area contributed by atoms with Crippen LogP contribution in [0.2, 0.25) is 0 Å². The van der Waals surface area contributed by atoms with Gasteiger partial charge in [-0.05, 0) is 30.3 Å². The fraction of sp³-hybridized carbons (Fsp3) is 0. The maximum atomic E-state index is 13.1. The molecule has 3 N–H and O–H groups in total. The van der Waals surface area contributed by atoms with Gasteiger partial charge >= 0.3 is 0 Å². The van der Waals surface area contributed by atoms with Crippen LogP contribution in [0.15, 0.2) is 54.6 Å². The maximum absolute atomic E-state index is 13.1. The number of benzene rings is 3. The molecule has 0 amide bonds. The molecule has 0 spiro atoms. The van der Waals surface area contributed by atoms with E-state index in [1.807, 2.05) is 0 Å². The van der Waals surface area contributed by atoms with Gasteiger partial charge in [-0.2, -0.15) is 0 Å². The van der Waals surface area contributed by atoms with Crippen LogP contribution in [0.5, 0.6) is 11.5 Å². The number of phenols is 2. The number of nitro benzene ring substituents is 1. The lowest BCUT2D eigenvalue weighted by molar-refractivity contribution is -0.385. The van der Waals surface area contributed by atoms with Crippen LogP contribution in [0, 0.1) is 10.1 Å². The number of anilines is 2. The summed E-state index contributed by atoms with van der Waals surface area (Å²) in [5.74, 6) is -2.21. The molecule has 0 saturated heterocycles. The molecule has 0 heterocycles. The molecular formula is C20H12N2O6. The Balaban J connectivity index is 2.02. The highest BCUT2D eigenvalue weighted by Gasteiger charge is 2.39. The number of nitrogens with one attached hydrogen (secondary N) is 1. The van der Waals surface area contributed by atoms with Gasteiger partial charge in [0.05, 0.1) is 22.2 Å². The summed E-state index contributed by atoms with van der Waals surface area (Å²) in [6.07, 6.45) is 0. The molecule has 4 rings (SSSR count). The molecule has 0 aliphatic heterocycles. The van der Waals surface area contributed by atoms with Crippen LogP contribution in [-0.4, -0.2) is 26.7 Å². The highest BCUT2D eigenvalue weighted by Crippen LogP contribution is 2.43. The number of para-hydroxylation sites is 1. The van der Waals surface area contributed by atoms with Crippen molar-refractivity contribution in [1.29, 1.82) is 0 Å². The first-order valence-electron chi connectivity index (χ1n) is 8.17. The molecule has 0 aromatic heterocycles. The van der Waals surface area contributed by atoms with Gasteiger partial charge in [-0.3, -0.25) is 19.7 Å². The fourth-order valence-corrected chi connectivity index (χ4v) is 3.24. The van der Waals surface area contributed by atoms with E-state index < -0.39 is 33.5 Å². The summed E-state index contributed by atoms with van der Waals surface area (Å²) in [6, 6.07) is 13.0. The molecule has 0 radical (unpaired) electrons. The number of carbonyl (C=O) groups excluding carboxylic acids is 2. The summed E-state index contributed by atoms with van der Waals surface area (Å²) >= 11 is 0. The average Bonchev–Trinajstić information content (AvgIpc) is 2.67. The summed E-state index contributed by atoms with van der Waals surface area (Å²) in [7, 11) is 0. The zero-order chi connectivity index (χ0) is 20.0. The van der Waals surface area contributed by atoms with Crippen LogP contribution >= 0.6 is 0 Å². The zero-order valence-electron chi connectivity index (χ0n) is 14.2. The van der Waals surface area contributed by atoms with Crippen LogP contribution in [0.1, 0.15) is 31.8 Å². The number of hydrogen-bond acceptors (Lipinski definition) is 7. The molecule has 28 heavy (non-hydrogen) atoms. The highest BCUT2D eigenvalue weighted by atomic mass is 16.6. The average molecular weight is 376 g/mol. The predicted octanol–water partition coefficient (Wildman–Crippen LogP) is 3.53. The van der Waals surface area contributed by atoms with Crippen molar-refractivity contribution in [3.8, 4) is 11.5 Å². The first-order chi connectivity index (χ1) is 13.4. The smallest absolute Gasteiger partial charge is 0.285 e. The molecule has 3 aromatic carbocycles. The number of aromatic hydroxyl groups is 2. The van der Waals surface area contributed by atoms with E-state index in [2.05, 4.69) is 5.32 Å². The van der Waals surface area contributed by atoms with Crippen molar-refractivity contribution in [3.63, 3.8) is 0 Å². The van der Waals surface area contributed by atoms with Crippen molar-refractivity contribution in [2.24, 2.45) is 0 Å². The van der Waals surface area contributed by atoms with Gasteiger partial charge in [0, 0.05) is 16.8 Å². The normalized spacial score (nSPS) is 12.3. The molecule has 8 nitrogen and oxygen atoms in total. The second-order valence-electron chi connectivity index (χ2n) is 6.18. The molecule has 0 unspecified atom stereocenters. The fourth-order valence-electron chi connectivity index (χ4n) is 3.24. The second-order valence-corrected chi connectivity index (χ2v) is 6.18. The van der Waals surface area contributed by atoms with E-state index in [0.717, 1.165) is 12.1 Å². The summed E-state index contributed by atoms with van der Waals surface area (Å²) in [6.45, 7) is 0. The van der Waals surface area contributed by atoms with E-state index in [0.29, 0.717) is 5.69 Å². The predicted molar refractivity (Wildman–Crippen MR) is 99.5 cm³/mol. The number of fused-ring (bicyclic) bond motifs is 2. The molecular weight excluding hydrogens is 364 g/mol. The first-order valence-corrected chi connectivity index (χ1v) is 8.17. The molecule has 0 saturated carbocycles. The van der Waals surface area contributed by atoms with Gasteiger partial charge in [0.15, 0.2) is 5.78 Å². The van der Waals surface area contributed by atoms with Crippen molar-refractivity contribution in [3.05, 3.63) is 87.0 Å². The monoisotopic (exact) mass is 376 g/mol. The van der Waals surface area contributed by atoms with Gasteiger partial charge in [0.1, 0.15) is 17.1 Å². The lowest BCUT2D eigenvalue weighted by Gasteiger charge is -2.21. The Morgan fingerprint density at radius 2 is 1.54 bits per heavy atom. The summed E-state index contributed by atoms with van der Waals surface area (Å²) in [5.41, 5.74) is -1.11. The SMILES string of the molecule is O=C1c2ccc(O)cc2C(=O)c2c(Nc3ccccc3)c(O)cc([N+](=O)[O-])c21. The van der Waals surface area contributed by atoms with Crippen LogP contribution in [0.3, 0.4) is 0 Å². The van der Waals surface area contributed by atoms with E-state index in [9.17, 15) is 29.9 Å². The maximum Gasteiger partial charge on any atom is 0.285 e. The Kier molecular flexibility index (Phi) is 3.82. The molecule has 138 valence electrons. The van der Waals surface area contributed by atoms with Crippen LogP contribution in [0.4, 0.5) is 17.1 Å². The van der Waals surface area contributed by atoms with Crippen LogP contribution < -0.4 is 5.32 Å². The standard InChI is InChI=1S/C20H12N2O6/c23-11-6-7-12-13(8-11)20(26)17-16(19(12)25)14(22(27)28)9-15(24)18(17)21-10-4-2-1-3-5-10/h1-9,21,23-24H. The number of carbonyl (C=O) groups is 2. The van der Waals surface area contributed by atoms with Gasteiger partial charge in [-0.15, -0.1) is 0 Å². The molecule has 0 fully saturated rings. The van der Waals surface area contributed by atoms with Gasteiger partial charge in [-0.1, -0.05) is 18.2 Å². The third kappa shape index (κ3) is 2.55. The Morgan fingerprint density at radius 1 is 0.857 bits per heavy atom. The van der Waals surface area contributed by atoms with Crippen LogP contribution in [-0.2, 0) is 0 Å². The minimum atomic E-state index is -0.818. The highest BCUT2D eigenvalue weighted by molar-refractivity contribution is 6.32. The molecule has 8 heteroatoms.